The summed E-state index contributed by atoms with van der Waals surface area (Å²) in [6, 6.07) is 8.68. The summed E-state index contributed by atoms with van der Waals surface area (Å²) in [5, 5.41) is 0.0597. The van der Waals surface area contributed by atoms with Crippen molar-refractivity contribution in [2.45, 2.75) is 24.3 Å². The number of rotatable bonds is 8. The molecular weight excluding hydrogens is 467 g/mol. The summed E-state index contributed by atoms with van der Waals surface area (Å²) in [6.45, 7) is 0.605. The summed E-state index contributed by atoms with van der Waals surface area (Å²) in [5.41, 5.74) is 1.57. The molecule has 1 fully saturated rings. The lowest BCUT2D eigenvalue weighted by molar-refractivity contribution is 0.106. The Morgan fingerprint density at radius 2 is 1.76 bits per heavy atom. The SMILES string of the molecule is COc1ccc(-c2cnc(N3CC(S)CC3COCc3cc(F)c(F)cc3F)nc2OC)cc1. The molecule has 2 unspecified atom stereocenters. The molecule has 2 heterocycles. The summed E-state index contributed by atoms with van der Waals surface area (Å²) >= 11 is 4.59. The van der Waals surface area contributed by atoms with Crippen LogP contribution >= 0.6 is 12.6 Å². The third-order valence-corrected chi connectivity index (χ3v) is 6.02. The van der Waals surface area contributed by atoms with Crippen LogP contribution in [0.15, 0.2) is 42.6 Å². The van der Waals surface area contributed by atoms with Gasteiger partial charge >= 0.3 is 0 Å². The minimum absolute atomic E-state index is 0.0485. The van der Waals surface area contributed by atoms with Crippen molar-refractivity contribution in [2.75, 3.05) is 32.3 Å². The Hall–Kier alpha value is -2.98. The van der Waals surface area contributed by atoms with Crippen molar-refractivity contribution in [1.29, 1.82) is 0 Å². The first-order chi connectivity index (χ1) is 16.4. The lowest BCUT2D eigenvalue weighted by Gasteiger charge is -2.25. The van der Waals surface area contributed by atoms with Gasteiger partial charge in [-0.2, -0.15) is 17.6 Å². The van der Waals surface area contributed by atoms with Gasteiger partial charge in [0.2, 0.25) is 11.8 Å². The van der Waals surface area contributed by atoms with Gasteiger partial charge in [-0.15, -0.1) is 0 Å². The van der Waals surface area contributed by atoms with Gasteiger partial charge in [-0.3, -0.25) is 0 Å². The molecule has 4 rings (SSSR count). The fourth-order valence-electron chi connectivity index (χ4n) is 3.89. The van der Waals surface area contributed by atoms with Gasteiger partial charge in [-0.1, -0.05) is 12.1 Å². The molecular formula is C24H24F3N3O3S. The van der Waals surface area contributed by atoms with Gasteiger partial charge in [0, 0.05) is 29.6 Å². The van der Waals surface area contributed by atoms with Crippen molar-refractivity contribution in [3.63, 3.8) is 0 Å². The maximum Gasteiger partial charge on any atom is 0.229 e. The maximum atomic E-state index is 13.9. The van der Waals surface area contributed by atoms with Crippen LogP contribution in [0.25, 0.3) is 11.1 Å². The Balaban J connectivity index is 1.49. The highest BCUT2D eigenvalue weighted by Gasteiger charge is 2.33. The lowest BCUT2D eigenvalue weighted by atomic mass is 10.1. The lowest BCUT2D eigenvalue weighted by Crippen LogP contribution is -2.34. The van der Waals surface area contributed by atoms with Crippen LogP contribution in [0.5, 0.6) is 11.6 Å². The van der Waals surface area contributed by atoms with E-state index in [0.29, 0.717) is 30.9 Å². The second-order valence-electron chi connectivity index (χ2n) is 7.89. The minimum Gasteiger partial charge on any atom is -0.497 e. The molecule has 1 aliphatic heterocycles. The smallest absolute Gasteiger partial charge is 0.229 e. The van der Waals surface area contributed by atoms with E-state index in [4.69, 9.17) is 14.2 Å². The van der Waals surface area contributed by atoms with Gasteiger partial charge in [0.05, 0.1) is 39.0 Å². The van der Waals surface area contributed by atoms with Crippen LogP contribution in [-0.4, -0.2) is 48.6 Å². The number of hydrogen-bond donors (Lipinski definition) is 1. The topological polar surface area (TPSA) is 56.7 Å². The van der Waals surface area contributed by atoms with Crippen molar-refractivity contribution in [3.8, 4) is 22.8 Å². The van der Waals surface area contributed by atoms with Crippen LogP contribution in [-0.2, 0) is 11.3 Å². The normalized spacial score (nSPS) is 17.8. The van der Waals surface area contributed by atoms with E-state index in [-0.39, 0.29) is 30.1 Å². The second-order valence-corrected chi connectivity index (χ2v) is 8.62. The van der Waals surface area contributed by atoms with E-state index >= 15 is 0 Å². The van der Waals surface area contributed by atoms with E-state index in [1.807, 2.05) is 29.2 Å². The average molecular weight is 492 g/mol. The first-order valence-corrected chi connectivity index (χ1v) is 11.1. The quantitative estimate of drug-likeness (QED) is 0.365. The van der Waals surface area contributed by atoms with Crippen LogP contribution < -0.4 is 14.4 Å². The van der Waals surface area contributed by atoms with E-state index in [0.717, 1.165) is 22.9 Å². The van der Waals surface area contributed by atoms with Gasteiger partial charge in [0.25, 0.3) is 0 Å². The molecule has 6 nitrogen and oxygen atoms in total. The maximum absolute atomic E-state index is 13.9. The number of benzene rings is 2. The number of thiol groups is 1. The molecule has 2 atom stereocenters. The van der Waals surface area contributed by atoms with E-state index < -0.39 is 17.5 Å². The number of anilines is 1. The molecule has 2 aromatic carbocycles. The van der Waals surface area contributed by atoms with Gasteiger partial charge in [-0.25, -0.2) is 18.2 Å². The number of ether oxygens (including phenoxy) is 3. The Morgan fingerprint density at radius 1 is 1.03 bits per heavy atom. The Bertz CT molecular complexity index is 1150. The van der Waals surface area contributed by atoms with Crippen molar-refractivity contribution >= 4 is 18.6 Å². The minimum atomic E-state index is -1.23. The molecule has 0 spiro atoms. The largest absolute Gasteiger partial charge is 0.497 e. The first-order valence-electron chi connectivity index (χ1n) is 10.6. The molecule has 1 aliphatic rings. The number of nitrogens with zero attached hydrogens (tertiary/aromatic N) is 3. The fraction of sp³-hybridized carbons (Fsp3) is 0.333. The fourth-order valence-corrected chi connectivity index (χ4v) is 4.31. The van der Waals surface area contributed by atoms with Gasteiger partial charge in [0.1, 0.15) is 11.6 Å². The number of methoxy groups -OCH3 is 2. The van der Waals surface area contributed by atoms with Crippen LogP contribution in [0.4, 0.5) is 19.1 Å². The van der Waals surface area contributed by atoms with Crippen LogP contribution in [0.1, 0.15) is 12.0 Å². The zero-order valence-corrected chi connectivity index (χ0v) is 19.6. The monoisotopic (exact) mass is 491 g/mol. The van der Waals surface area contributed by atoms with Gasteiger partial charge in [-0.05, 0) is 30.2 Å². The number of aromatic nitrogens is 2. The summed E-state index contributed by atoms with van der Waals surface area (Å²) in [7, 11) is 3.15. The third-order valence-electron chi connectivity index (χ3n) is 5.64. The predicted octanol–water partition coefficient (Wildman–Crippen LogP) is 4.67. The molecule has 180 valence electrons. The Morgan fingerprint density at radius 3 is 2.47 bits per heavy atom. The van der Waals surface area contributed by atoms with E-state index in [1.165, 1.54) is 0 Å². The van der Waals surface area contributed by atoms with Crippen molar-refractivity contribution in [2.24, 2.45) is 0 Å². The van der Waals surface area contributed by atoms with Crippen LogP contribution in [0.2, 0.25) is 0 Å². The molecule has 0 amide bonds. The Labute approximate surface area is 201 Å². The molecule has 0 aliphatic carbocycles. The van der Waals surface area contributed by atoms with E-state index in [9.17, 15) is 13.2 Å². The van der Waals surface area contributed by atoms with Crippen molar-refractivity contribution < 1.29 is 27.4 Å². The zero-order valence-electron chi connectivity index (χ0n) is 18.7. The standard InChI is InChI=1S/C24H24F3N3O3S/c1-31-17-5-3-14(4-6-17)19-10-28-24(29-23(19)32-2)30-11-18(34)8-16(30)13-33-12-15-7-21(26)22(27)9-20(15)25/h3-7,9-10,16,18,34H,8,11-13H2,1-2H3. The van der Waals surface area contributed by atoms with Crippen LogP contribution in [0.3, 0.4) is 0 Å². The van der Waals surface area contributed by atoms with Crippen molar-refractivity contribution in [3.05, 3.63) is 65.6 Å². The first kappa shape index (κ1) is 24.2. The van der Waals surface area contributed by atoms with E-state index in [2.05, 4.69) is 22.6 Å². The van der Waals surface area contributed by atoms with Crippen LogP contribution in [0, 0.1) is 17.5 Å². The average Bonchev–Trinajstić information content (AvgIpc) is 3.22. The Kier molecular flexibility index (Phi) is 7.47. The third kappa shape index (κ3) is 5.23. The molecule has 1 aromatic heterocycles. The highest BCUT2D eigenvalue weighted by Crippen LogP contribution is 2.33. The zero-order chi connectivity index (χ0) is 24.2. The summed E-state index contributed by atoms with van der Waals surface area (Å²) in [6.07, 6.45) is 2.39. The molecule has 0 saturated carbocycles. The molecule has 0 radical (unpaired) electrons. The molecule has 3 aromatic rings. The van der Waals surface area contributed by atoms with Gasteiger partial charge < -0.3 is 19.1 Å². The number of halogens is 3. The number of hydrogen-bond acceptors (Lipinski definition) is 7. The predicted molar refractivity (Wildman–Crippen MR) is 125 cm³/mol. The molecule has 0 N–H and O–H groups in total. The summed E-state index contributed by atoms with van der Waals surface area (Å²) in [5.74, 6) is -1.58. The highest BCUT2D eigenvalue weighted by molar-refractivity contribution is 7.81. The molecule has 1 saturated heterocycles. The highest BCUT2D eigenvalue weighted by atomic mass is 32.1. The van der Waals surface area contributed by atoms with E-state index in [1.54, 1.807) is 20.4 Å². The van der Waals surface area contributed by atoms with Gasteiger partial charge in [0.15, 0.2) is 11.6 Å². The molecule has 10 heteroatoms. The molecule has 0 bridgehead atoms. The summed E-state index contributed by atoms with van der Waals surface area (Å²) in [4.78, 5) is 11.1. The summed E-state index contributed by atoms with van der Waals surface area (Å²) < 4.78 is 56.8. The molecule has 34 heavy (non-hydrogen) atoms. The second kappa shape index (κ2) is 10.5. The van der Waals surface area contributed by atoms with Crippen molar-refractivity contribution in [1.82, 2.24) is 9.97 Å².